The summed E-state index contributed by atoms with van der Waals surface area (Å²) in [6.45, 7) is -1.04. The number of amides is 1. The molecular formula is C22H24F2N2O2. The van der Waals surface area contributed by atoms with Crippen LogP contribution in [0.3, 0.4) is 0 Å². The second-order valence-electron chi connectivity index (χ2n) is 7.62. The van der Waals surface area contributed by atoms with Crippen molar-refractivity contribution in [3.05, 3.63) is 65.7 Å². The molecule has 2 unspecified atom stereocenters. The Bertz CT molecular complexity index is 830. The van der Waals surface area contributed by atoms with Crippen LogP contribution in [0.25, 0.3) is 0 Å². The summed E-state index contributed by atoms with van der Waals surface area (Å²) in [7, 11) is 0. The first-order valence-electron chi connectivity index (χ1n) is 9.66. The van der Waals surface area contributed by atoms with Gasteiger partial charge in [-0.05, 0) is 42.0 Å². The van der Waals surface area contributed by atoms with Crippen LogP contribution in [0.2, 0.25) is 0 Å². The van der Waals surface area contributed by atoms with E-state index in [0.29, 0.717) is 31.6 Å². The third-order valence-electron chi connectivity index (χ3n) is 5.93. The molecule has 6 heteroatoms. The predicted molar refractivity (Wildman–Crippen MR) is 102 cm³/mol. The van der Waals surface area contributed by atoms with E-state index in [1.54, 1.807) is 18.2 Å². The van der Waals surface area contributed by atoms with Crippen molar-refractivity contribution >= 4 is 5.91 Å². The SMILES string of the molecule is NC[C@@H]1CN(C(=O)C2CC2c2ccccc2OC(F)F)C[C@H]1c1ccccc1. The molecule has 4 atom stereocenters. The minimum Gasteiger partial charge on any atom is -0.435 e. The van der Waals surface area contributed by atoms with E-state index in [-0.39, 0.29) is 35.3 Å². The highest BCUT2D eigenvalue weighted by Gasteiger charge is 2.49. The molecule has 1 heterocycles. The molecule has 2 aliphatic rings. The maximum atomic E-state index is 13.1. The number of alkyl halides is 2. The summed E-state index contributed by atoms with van der Waals surface area (Å²) in [6.07, 6.45) is 0.669. The molecule has 1 aliphatic heterocycles. The molecule has 2 aromatic rings. The number of benzene rings is 2. The number of carbonyl (C=O) groups is 1. The van der Waals surface area contributed by atoms with Crippen LogP contribution >= 0.6 is 0 Å². The van der Waals surface area contributed by atoms with E-state index in [0.717, 1.165) is 0 Å². The minimum atomic E-state index is -2.87. The lowest BCUT2D eigenvalue weighted by Crippen LogP contribution is -2.31. The lowest BCUT2D eigenvalue weighted by molar-refractivity contribution is -0.131. The van der Waals surface area contributed by atoms with Crippen LogP contribution < -0.4 is 10.5 Å². The Morgan fingerprint density at radius 3 is 2.50 bits per heavy atom. The molecule has 148 valence electrons. The van der Waals surface area contributed by atoms with Gasteiger partial charge in [-0.15, -0.1) is 0 Å². The molecule has 4 rings (SSSR count). The molecule has 0 radical (unpaired) electrons. The van der Waals surface area contributed by atoms with Gasteiger partial charge in [-0.1, -0.05) is 48.5 Å². The van der Waals surface area contributed by atoms with Gasteiger partial charge in [0.15, 0.2) is 0 Å². The van der Waals surface area contributed by atoms with Gasteiger partial charge in [0.1, 0.15) is 5.75 Å². The van der Waals surface area contributed by atoms with Crippen molar-refractivity contribution in [2.45, 2.75) is 24.9 Å². The van der Waals surface area contributed by atoms with Crippen LogP contribution in [0.15, 0.2) is 54.6 Å². The van der Waals surface area contributed by atoms with Gasteiger partial charge < -0.3 is 15.4 Å². The number of para-hydroxylation sites is 1. The van der Waals surface area contributed by atoms with Crippen molar-refractivity contribution in [2.24, 2.45) is 17.6 Å². The van der Waals surface area contributed by atoms with Gasteiger partial charge in [0.05, 0.1) is 0 Å². The Morgan fingerprint density at radius 1 is 1.07 bits per heavy atom. The lowest BCUT2D eigenvalue weighted by atomic mass is 9.89. The van der Waals surface area contributed by atoms with E-state index in [9.17, 15) is 13.6 Å². The van der Waals surface area contributed by atoms with E-state index in [2.05, 4.69) is 16.9 Å². The quantitative estimate of drug-likeness (QED) is 0.825. The molecule has 28 heavy (non-hydrogen) atoms. The van der Waals surface area contributed by atoms with Crippen LogP contribution in [-0.4, -0.2) is 37.1 Å². The molecule has 0 bridgehead atoms. The summed E-state index contributed by atoms with van der Waals surface area (Å²) in [5.74, 6) is 0.500. The summed E-state index contributed by atoms with van der Waals surface area (Å²) in [5.41, 5.74) is 7.87. The van der Waals surface area contributed by atoms with Crippen molar-refractivity contribution in [3.8, 4) is 5.75 Å². The van der Waals surface area contributed by atoms with Crippen molar-refractivity contribution in [1.82, 2.24) is 4.90 Å². The van der Waals surface area contributed by atoms with Crippen LogP contribution in [-0.2, 0) is 4.79 Å². The average molecular weight is 386 g/mol. The van der Waals surface area contributed by atoms with E-state index >= 15 is 0 Å². The first-order valence-corrected chi connectivity index (χ1v) is 9.66. The van der Waals surface area contributed by atoms with Crippen molar-refractivity contribution < 1.29 is 18.3 Å². The standard InChI is InChI=1S/C22H24F2N2O2/c23-22(24)28-20-9-5-4-8-16(20)17-10-18(17)21(27)26-12-15(11-25)19(13-26)14-6-2-1-3-7-14/h1-9,15,17-19,22H,10-13,25H2/t15-,17?,18?,19+/m1/s1. The molecule has 2 N–H and O–H groups in total. The molecule has 1 saturated carbocycles. The third kappa shape index (κ3) is 3.74. The Labute approximate surface area is 163 Å². The van der Waals surface area contributed by atoms with Crippen molar-refractivity contribution in [1.29, 1.82) is 0 Å². The van der Waals surface area contributed by atoms with E-state index in [1.807, 2.05) is 23.1 Å². The minimum absolute atomic E-state index is 0.0606. The molecule has 4 nitrogen and oxygen atoms in total. The van der Waals surface area contributed by atoms with Crippen LogP contribution in [0, 0.1) is 11.8 Å². The van der Waals surface area contributed by atoms with Crippen LogP contribution in [0.1, 0.15) is 29.4 Å². The van der Waals surface area contributed by atoms with E-state index in [4.69, 9.17) is 5.73 Å². The van der Waals surface area contributed by atoms with Gasteiger partial charge in [-0.2, -0.15) is 8.78 Å². The summed E-state index contributed by atoms with van der Waals surface area (Å²) in [5, 5.41) is 0. The van der Waals surface area contributed by atoms with Gasteiger partial charge in [0.2, 0.25) is 5.91 Å². The second-order valence-corrected chi connectivity index (χ2v) is 7.62. The van der Waals surface area contributed by atoms with Crippen molar-refractivity contribution in [2.75, 3.05) is 19.6 Å². The van der Waals surface area contributed by atoms with Crippen molar-refractivity contribution in [3.63, 3.8) is 0 Å². The zero-order valence-electron chi connectivity index (χ0n) is 15.5. The summed E-state index contributed by atoms with van der Waals surface area (Å²) in [4.78, 5) is 15.0. The fraction of sp³-hybridized carbons (Fsp3) is 0.409. The number of hydrogen-bond donors (Lipinski definition) is 1. The first-order chi connectivity index (χ1) is 13.6. The normalized spacial score (nSPS) is 26.5. The lowest BCUT2D eigenvalue weighted by Gasteiger charge is -2.17. The number of rotatable bonds is 6. The first kappa shape index (κ1) is 18.9. The largest absolute Gasteiger partial charge is 0.435 e. The summed E-state index contributed by atoms with van der Waals surface area (Å²) >= 11 is 0. The zero-order valence-corrected chi connectivity index (χ0v) is 15.5. The Morgan fingerprint density at radius 2 is 1.79 bits per heavy atom. The summed E-state index contributed by atoms with van der Waals surface area (Å²) in [6, 6.07) is 16.9. The van der Waals surface area contributed by atoms with Gasteiger partial charge in [0.25, 0.3) is 0 Å². The topological polar surface area (TPSA) is 55.6 Å². The number of halogens is 2. The van der Waals surface area contributed by atoms with Gasteiger partial charge in [0, 0.05) is 24.9 Å². The maximum absolute atomic E-state index is 13.1. The highest BCUT2D eigenvalue weighted by molar-refractivity contribution is 5.83. The van der Waals surface area contributed by atoms with E-state index < -0.39 is 6.61 Å². The third-order valence-corrected chi connectivity index (χ3v) is 5.93. The number of carbonyl (C=O) groups excluding carboxylic acids is 1. The Kier molecular flexibility index (Phi) is 5.31. The monoisotopic (exact) mass is 386 g/mol. The van der Waals surface area contributed by atoms with Crippen LogP contribution in [0.5, 0.6) is 5.75 Å². The van der Waals surface area contributed by atoms with Gasteiger partial charge in [-0.3, -0.25) is 4.79 Å². The molecule has 2 fully saturated rings. The van der Waals surface area contributed by atoms with E-state index in [1.165, 1.54) is 11.6 Å². The highest BCUT2D eigenvalue weighted by Crippen LogP contribution is 2.52. The smallest absolute Gasteiger partial charge is 0.387 e. The molecule has 2 aromatic carbocycles. The second kappa shape index (κ2) is 7.87. The summed E-state index contributed by atoms with van der Waals surface area (Å²) < 4.78 is 30.0. The number of nitrogens with two attached hydrogens (primary N) is 1. The number of nitrogens with zero attached hydrogens (tertiary/aromatic N) is 1. The Balaban J connectivity index is 1.46. The Hall–Kier alpha value is -2.47. The number of likely N-dealkylation sites (tertiary alicyclic amines) is 1. The highest BCUT2D eigenvalue weighted by atomic mass is 19.3. The predicted octanol–water partition coefficient (Wildman–Crippen LogP) is 3.59. The zero-order chi connectivity index (χ0) is 19.7. The van der Waals surface area contributed by atoms with Gasteiger partial charge in [-0.25, -0.2) is 0 Å². The number of hydrogen-bond acceptors (Lipinski definition) is 3. The molecule has 0 spiro atoms. The molecule has 0 aromatic heterocycles. The molecule has 1 aliphatic carbocycles. The fourth-order valence-corrected chi connectivity index (χ4v) is 4.40. The fourth-order valence-electron chi connectivity index (χ4n) is 4.40. The molecule has 1 amide bonds. The maximum Gasteiger partial charge on any atom is 0.387 e. The molecule has 1 saturated heterocycles. The number of ether oxygens (including phenoxy) is 1. The van der Waals surface area contributed by atoms with Crippen LogP contribution in [0.4, 0.5) is 8.78 Å². The average Bonchev–Trinajstić information content (AvgIpc) is 3.38. The molecular weight excluding hydrogens is 362 g/mol. The van der Waals surface area contributed by atoms with Gasteiger partial charge >= 0.3 is 6.61 Å².